The van der Waals surface area contributed by atoms with Gasteiger partial charge < -0.3 is 9.67 Å². The molecule has 2 N–H and O–H groups in total. The van der Waals surface area contributed by atoms with Gasteiger partial charge in [-0.15, -0.1) is 0 Å². The molecule has 32 heavy (non-hydrogen) atoms. The van der Waals surface area contributed by atoms with Crippen molar-refractivity contribution in [1.82, 2.24) is 9.29 Å². The second-order valence-electron chi connectivity index (χ2n) is 9.03. The summed E-state index contributed by atoms with van der Waals surface area (Å²) in [6, 6.07) is 10.2. The zero-order chi connectivity index (χ0) is 23.4. The maximum absolute atomic E-state index is 14.0. The van der Waals surface area contributed by atoms with E-state index in [0.29, 0.717) is 18.4 Å². The summed E-state index contributed by atoms with van der Waals surface area (Å²) in [5, 5.41) is 11.1. The van der Waals surface area contributed by atoms with Gasteiger partial charge in [-0.25, -0.2) is 12.8 Å². The number of aromatic nitrogens is 1. The lowest BCUT2D eigenvalue weighted by atomic mass is 9.69. The molecule has 0 saturated heterocycles. The van der Waals surface area contributed by atoms with Crippen molar-refractivity contribution in [2.45, 2.75) is 45.4 Å². The summed E-state index contributed by atoms with van der Waals surface area (Å²) in [5.41, 5.74) is 4.37. The van der Waals surface area contributed by atoms with Crippen molar-refractivity contribution < 1.29 is 22.7 Å². The van der Waals surface area contributed by atoms with E-state index in [2.05, 4.69) is 23.1 Å². The molecule has 170 valence electrons. The number of hydrogen-bond acceptors (Lipinski definition) is 4. The first-order valence-electron chi connectivity index (χ1n) is 10.6. The van der Waals surface area contributed by atoms with Crippen LogP contribution in [0.2, 0.25) is 0 Å². The van der Waals surface area contributed by atoms with Gasteiger partial charge >= 0.3 is 0 Å². The van der Waals surface area contributed by atoms with Crippen LogP contribution in [-0.2, 0) is 14.8 Å². The van der Waals surface area contributed by atoms with Crippen molar-refractivity contribution in [2.24, 2.45) is 5.92 Å². The number of sulfonamides is 1. The number of rotatable bonds is 5. The van der Waals surface area contributed by atoms with Crippen LogP contribution in [0.5, 0.6) is 5.75 Å². The maximum Gasteiger partial charge on any atom is 0.236 e. The quantitative estimate of drug-likeness (QED) is 0.590. The highest BCUT2D eigenvalue weighted by Gasteiger charge is 2.39. The van der Waals surface area contributed by atoms with E-state index >= 15 is 0 Å². The number of phenols is 1. The van der Waals surface area contributed by atoms with E-state index in [1.807, 2.05) is 6.07 Å². The van der Waals surface area contributed by atoms with Crippen LogP contribution in [-0.4, -0.2) is 30.3 Å². The summed E-state index contributed by atoms with van der Waals surface area (Å²) in [6.07, 6.45) is 2.02. The fraction of sp³-hybridized carbons (Fsp3) is 0.375. The SMILES string of the molecule is Cc1cc(-n2c(C(C)C)c([C@H]3C[C@@H](C(=O)NS(C)(=O)=O)C3)c3cc(O)ccc32)ccc1F. The van der Waals surface area contributed by atoms with Gasteiger partial charge in [-0.2, -0.15) is 0 Å². The normalized spacial score (nSPS) is 18.7. The minimum absolute atomic E-state index is 0.0507. The predicted molar refractivity (Wildman–Crippen MR) is 122 cm³/mol. The lowest BCUT2D eigenvalue weighted by molar-refractivity contribution is -0.126. The van der Waals surface area contributed by atoms with Crippen LogP contribution in [0.3, 0.4) is 0 Å². The van der Waals surface area contributed by atoms with Crippen LogP contribution >= 0.6 is 0 Å². The van der Waals surface area contributed by atoms with Crippen LogP contribution in [0.4, 0.5) is 4.39 Å². The Labute approximate surface area is 187 Å². The van der Waals surface area contributed by atoms with Gasteiger partial charge in [0.1, 0.15) is 11.6 Å². The molecule has 1 aliphatic carbocycles. The van der Waals surface area contributed by atoms with E-state index in [0.717, 1.165) is 34.1 Å². The zero-order valence-electron chi connectivity index (χ0n) is 18.5. The van der Waals surface area contributed by atoms with Crippen molar-refractivity contribution in [1.29, 1.82) is 0 Å². The number of nitrogens with zero attached hydrogens (tertiary/aromatic N) is 1. The number of amides is 1. The molecule has 4 rings (SSSR count). The van der Waals surface area contributed by atoms with Crippen LogP contribution in [0.15, 0.2) is 36.4 Å². The number of halogens is 1. The first-order valence-corrected chi connectivity index (χ1v) is 12.5. The monoisotopic (exact) mass is 458 g/mol. The van der Waals surface area contributed by atoms with E-state index < -0.39 is 15.9 Å². The largest absolute Gasteiger partial charge is 0.508 e. The van der Waals surface area contributed by atoms with Crippen molar-refractivity contribution in [2.75, 3.05) is 6.26 Å². The third-order valence-corrected chi connectivity index (χ3v) is 6.75. The summed E-state index contributed by atoms with van der Waals surface area (Å²) < 4.78 is 41.0. The zero-order valence-corrected chi connectivity index (χ0v) is 19.3. The van der Waals surface area contributed by atoms with Gasteiger partial charge in [0.25, 0.3) is 0 Å². The summed E-state index contributed by atoms with van der Waals surface area (Å²) >= 11 is 0. The molecule has 0 unspecified atom stereocenters. The minimum atomic E-state index is -3.60. The maximum atomic E-state index is 14.0. The third-order valence-electron chi connectivity index (χ3n) is 6.18. The van der Waals surface area contributed by atoms with E-state index in [9.17, 15) is 22.7 Å². The highest BCUT2D eigenvalue weighted by molar-refractivity contribution is 7.89. The molecule has 2 aromatic carbocycles. The molecule has 0 atom stereocenters. The lowest BCUT2D eigenvalue weighted by Crippen LogP contribution is -2.40. The van der Waals surface area contributed by atoms with E-state index in [1.165, 1.54) is 6.07 Å². The van der Waals surface area contributed by atoms with Crippen molar-refractivity contribution in [3.8, 4) is 11.4 Å². The lowest BCUT2D eigenvalue weighted by Gasteiger charge is -2.35. The number of fused-ring (bicyclic) bond motifs is 1. The second kappa shape index (κ2) is 7.92. The van der Waals surface area contributed by atoms with Gasteiger partial charge in [0.05, 0.1) is 11.8 Å². The molecule has 1 heterocycles. The topological polar surface area (TPSA) is 88.4 Å². The van der Waals surface area contributed by atoms with Crippen molar-refractivity contribution in [3.05, 3.63) is 59.0 Å². The summed E-state index contributed by atoms with van der Waals surface area (Å²) in [4.78, 5) is 12.3. The van der Waals surface area contributed by atoms with Gasteiger partial charge in [0.2, 0.25) is 15.9 Å². The number of nitrogens with one attached hydrogen (secondary N) is 1. The smallest absolute Gasteiger partial charge is 0.236 e. The first-order chi connectivity index (χ1) is 15.0. The summed E-state index contributed by atoms with van der Waals surface area (Å²) in [6.45, 7) is 5.89. The molecule has 1 aromatic heterocycles. The molecule has 1 amide bonds. The van der Waals surface area contributed by atoms with Crippen LogP contribution in [0.25, 0.3) is 16.6 Å². The fourth-order valence-electron chi connectivity index (χ4n) is 4.70. The summed E-state index contributed by atoms with van der Waals surface area (Å²) in [7, 11) is -3.60. The third kappa shape index (κ3) is 3.99. The van der Waals surface area contributed by atoms with Crippen LogP contribution in [0.1, 0.15) is 55.3 Å². The Balaban J connectivity index is 1.83. The Morgan fingerprint density at radius 1 is 1.19 bits per heavy atom. The van der Waals surface area contributed by atoms with E-state index in [-0.39, 0.29) is 29.3 Å². The summed E-state index contributed by atoms with van der Waals surface area (Å²) in [5.74, 6) is -0.808. The highest BCUT2D eigenvalue weighted by atomic mass is 32.2. The Morgan fingerprint density at radius 3 is 2.47 bits per heavy atom. The highest BCUT2D eigenvalue weighted by Crippen LogP contribution is 2.49. The van der Waals surface area contributed by atoms with Gasteiger partial charge in [-0.1, -0.05) is 13.8 Å². The fourth-order valence-corrected chi connectivity index (χ4v) is 5.23. The minimum Gasteiger partial charge on any atom is -0.508 e. The number of carbonyl (C=O) groups excluding carboxylic acids is 1. The number of aryl methyl sites for hydroxylation is 1. The number of phenolic OH excluding ortho intramolecular Hbond substituents is 1. The molecule has 0 bridgehead atoms. The Morgan fingerprint density at radius 2 is 1.88 bits per heavy atom. The number of benzene rings is 2. The average Bonchev–Trinajstić information content (AvgIpc) is 2.96. The molecular weight excluding hydrogens is 431 g/mol. The molecule has 8 heteroatoms. The van der Waals surface area contributed by atoms with Crippen molar-refractivity contribution >= 4 is 26.8 Å². The van der Waals surface area contributed by atoms with Gasteiger partial charge in [0, 0.05) is 22.7 Å². The molecule has 6 nitrogen and oxygen atoms in total. The number of hydrogen-bond donors (Lipinski definition) is 2. The number of aromatic hydroxyl groups is 1. The number of carbonyl (C=O) groups is 1. The van der Waals surface area contributed by atoms with Crippen molar-refractivity contribution in [3.63, 3.8) is 0 Å². The molecule has 3 aromatic rings. The standard InChI is InChI=1S/C24H27FN2O4S/c1-13(2)23-22(15-10-16(11-15)24(29)26-32(4,30)31)19-12-18(28)6-8-21(19)27(23)17-5-7-20(25)14(3)9-17/h5-9,12-13,15-16,28H,10-11H2,1-4H3,(H,26,29)/t15-,16+. The van der Waals surface area contributed by atoms with Gasteiger partial charge in [0.15, 0.2) is 0 Å². The van der Waals surface area contributed by atoms with Gasteiger partial charge in [-0.05, 0) is 79.1 Å². The molecule has 0 aliphatic heterocycles. The van der Waals surface area contributed by atoms with Crippen LogP contribution in [0, 0.1) is 18.7 Å². The second-order valence-corrected chi connectivity index (χ2v) is 10.8. The van der Waals surface area contributed by atoms with E-state index in [4.69, 9.17) is 0 Å². The first kappa shape index (κ1) is 22.3. The molecule has 1 fully saturated rings. The van der Waals surface area contributed by atoms with Gasteiger partial charge in [-0.3, -0.25) is 9.52 Å². The van der Waals surface area contributed by atoms with E-state index in [1.54, 1.807) is 31.2 Å². The molecule has 1 aliphatic rings. The molecule has 0 spiro atoms. The predicted octanol–water partition coefficient (Wildman–Crippen LogP) is 4.48. The Bertz CT molecular complexity index is 1320. The molecular formula is C24H27FN2O4S. The molecule has 1 saturated carbocycles. The van der Waals surface area contributed by atoms with Crippen LogP contribution < -0.4 is 4.72 Å². The average molecular weight is 459 g/mol. The molecule has 0 radical (unpaired) electrons. The Kier molecular flexibility index (Phi) is 5.53. The Hall–Kier alpha value is -2.87.